The number of aliphatic hydroxyl groups is 2. The monoisotopic (exact) mass is 385 g/mol. The van der Waals surface area contributed by atoms with Crippen LogP contribution in [0.25, 0.3) is 5.76 Å². The summed E-state index contributed by atoms with van der Waals surface area (Å²) in [5.41, 5.74) is 0.702. The van der Waals surface area contributed by atoms with Gasteiger partial charge in [-0.1, -0.05) is 12.1 Å². The maximum absolute atomic E-state index is 13.3. The third-order valence-corrected chi connectivity index (χ3v) is 4.51. The Labute approximate surface area is 161 Å². The Morgan fingerprint density at radius 2 is 1.75 bits per heavy atom. The first-order chi connectivity index (χ1) is 13.5. The summed E-state index contributed by atoms with van der Waals surface area (Å²) in [7, 11) is 0. The zero-order valence-electron chi connectivity index (χ0n) is 15.3. The van der Waals surface area contributed by atoms with Crippen molar-refractivity contribution >= 4 is 17.4 Å². The molecule has 1 saturated heterocycles. The number of β-amino-alcohol motifs (C(OH)–C–C–N with tert-alkyl or cyclic N) is 1. The molecule has 2 N–H and O–H groups in total. The molecule has 1 atom stereocenters. The van der Waals surface area contributed by atoms with Crippen LogP contribution in [0.4, 0.5) is 4.39 Å². The van der Waals surface area contributed by atoms with Gasteiger partial charge in [0.1, 0.15) is 17.3 Å². The van der Waals surface area contributed by atoms with Gasteiger partial charge in [-0.05, 0) is 48.9 Å². The van der Waals surface area contributed by atoms with E-state index in [2.05, 4.69) is 0 Å². The summed E-state index contributed by atoms with van der Waals surface area (Å²) < 4.78 is 18.7. The normalized spacial score (nSPS) is 18.5. The zero-order valence-corrected chi connectivity index (χ0v) is 15.3. The SMILES string of the molecule is CCOc1ccc(C(O)=C2C(=O)C(=O)N(CCO)C2c2ccc(F)cc2)cc1. The van der Waals surface area contributed by atoms with Crippen molar-refractivity contribution in [1.82, 2.24) is 4.90 Å². The Hall–Kier alpha value is -3.19. The van der Waals surface area contributed by atoms with E-state index in [1.54, 1.807) is 24.3 Å². The average Bonchev–Trinajstić information content (AvgIpc) is 2.94. The highest BCUT2D eigenvalue weighted by Crippen LogP contribution is 2.39. The minimum absolute atomic E-state index is 0.0906. The second-order valence-electron chi connectivity index (χ2n) is 6.23. The van der Waals surface area contributed by atoms with Gasteiger partial charge in [0.15, 0.2) is 0 Å². The quantitative estimate of drug-likeness (QED) is 0.454. The van der Waals surface area contributed by atoms with Gasteiger partial charge in [0.05, 0.1) is 24.8 Å². The van der Waals surface area contributed by atoms with Gasteiger partial charge in [0, 0.05) is 12.1 Å². The smallest absolute Gasteiger partial charge is 0.295 e. The van der Waals surface area contributed by atoms with Crippen LogP contribution in [0.1, 0.15) is 24.1 Å². The van der Waals surface area contributed by atoms with Crippen LogP contribution < -0.4 is 4.74 Å². The lowest BCUT2D eigenvalue weighted by molar-refractivity contribution is -0.140. The van der Waals surface area contributed by atoms with Gasteiger partial charge in [0.2, 0.25) is 0 Å². The Morgan fingerprint density at radius 1 is 1.11 bits per heavy atom. The van der Waals surface area contributed by atoms with Gasteiger partial charge in [-0.25, -0.2) is 4.39 Å². The molecule has 1 amide bonds. The fourth-order valence-electron chi connectivity index (χ4n) is 3.24. The molecule has 28 heavy (non-hydrogen) atoms. The molecule has 0 radical (unpaired) electrons. The molecule has 146 valence electrons. The molecule has 0 aromatic heterocycles. The van der Waals surface area contributed by atoms with Gasteiger partial charge in [-0.2, -0.15) is 0 Å². The van der Waals surface area contributed by atoms with E-state index in [9.17, 15) is 24.2 Å². The molecule has 1 heterocycles. The molecular weight excluding hydrogens is 365 g/mol. The largest absolute Gasteiger partial charge is 0.507 e. The average molecular weight is 385 g/mol. The number of ether oxygens (including phenoxy) is 1. The van der Waals surface area contributed by atoms with Gasteiger partial charge in [0.25, 0.3) is 11.7 Å². The maximum atomic E-state index is 13.3. The number of Topliss-reactive ketones (excluding diaryl/α,β-unsaturated/α-hetero) is 1. The fourth-order valence-corrected chi connectivity index (χ4v) is 3.24. The lowest BCUT2D eigenvalue weighted by Gasteiger charge is -2.24. The molecule has 0 bridgehead atoms. The minimum Gasteiger partial charge on any atom is -0.507 e. The number of hydrogen-bond donors (Lipinski definition) is 2. The maximum Gasteiger partial charge on any atom is 0.295 e. The molecule has 7 heteroatoms. The van der Waals surface area contributed by atoms with Crippen LogP contribution in [0, 0.1) is 5.82 Å². The summed E-state index contributed by atoms with van der Waals surface area (Å²) in [6, 6.07) is 10.9. The molecule has 1 fully saturated rings. The number of ketones is 1. The van der Waals surface area contributed by atoms with Crippen LogP contribution in [-0.2, 0) is 9.59 Å². The summed E-state index contributed by atoms with van der Waals surface area (Å²) in [6.07, 6.45) is 0. The molecule has 0 saturated carbocycles. The third-order valence-electron chi connectivity index (χ3n) is 4.51. The number of benzene rings is 2. The van der Waals surface area contributed by atoms with Crippen molar-refractivity contribution in [2.45, 2.75) is 13.0 Å². The highest BCUT2D eigenvalue weighted by molar-refractivity contribution is 6.46. The number of halogens is 1. The second kappa shape index (κ2) is 8.22. The van der Waals surface area contributed by atoms with Gasteiger partial charge in [-0.3, -0.25) is 9.59 Å². The molecule has 2 aromatic rings. The van der Waals surface area contributed by atoms with Crippen LogP contribution in [0.5, 0.6) is 5.75 Å². The number of carbonyl (C=O) groups excluding carboxylic acids is 2. The number of carbonyl (C=O) groups is 2. The fraction of sp³-hybridized carbons (Fsp3) is 0.238. The van der Waals surface area contributed by atoms with E-state index in [1.165, 1.54) is 29.2 Å². The molecule has 0 aliphatic carbocycles. The minimum atomic E-state index is -0.917. The van der Waals surface area contributed by atoms with Crippen molar-refractivity contribution in [2.24, 2.45) is 0 Å². The first-order valence-electron chi connectivity index (χ1n) is 8.86. The summed E-state index contributed by atoms with van der Waals surface area (Å²) in [6.45, 7) is 1.89. The van der Waals surface area contributed by atoms with Crippen molar-refractivity contribution in [1.29, 1.82) is 0 Å². The lowest BCUT2D eigenvalue weighted by atomic mass is 9.95. The number of likely N-dealkylation sites (tertiary alicyclic amines) is 1. The van der Waals surface area contributed by atoms with Crippen LogP contribution in [-0.4, -0.2) is 46.6 Å². The summed E-state index contributed by atoms with van der Waals surface area (Å²) >= 11 is 0. The lowest BCUT2D eigenvalue weighted by Crippen LogP contribution is -2.32. The van der Waals surface area contributed by atoms with Crippen LogP contribution in [0.3, 0.4) is 0 Å². The standard InChI is InChI=1S/C21H20FNO5/c1-2-28-16-9-5-14(6-10-16)19(25)17-18(13-3-7-15(22)8-4-13)23(11-12-24)21(27)20(17)26/h3-10,18,24-25H,2,11-12H2,1H3. The molecule has 3 rings (SSSR count). The number of amides is 1. The Balaban J connectivity index is 2.10. The van der Waals surface area contributed by atoms with Crippen molar-refractivity contribution < 1.29 is 28.9 Å². The number of hydrogen-bond acceptors (Lipinski definition) is 5. The Kier molecular flexibility index (Phi) is 5.75. The zero-order chi connectivity index (χ0) is 20.3. The van der Waals surface area contributed by atoms with Crippen molar-refractivity contribution in [3.8, 4) is 5.75 Å². The predicted octanol–water partition coefficient (Wildman–Crippen LogP) is 2.64. The summed E-state index contributed by atoms with van der Waals surface area (Å²) in [4.78, 5) is 26.3. The second-order valence-corrected chi connectivity index (χ2v) is 6.23. The first kappa shape index (κ1) is 19.6. The van der Waals surface area contributed by atoms with E-state index in [0.29, 0.717) is 23.5 Å². The van der Waals surface area contributed by atoms with E-state index in [4.69, 9.17) is 4.74 Å². The van der Waals surface area contributed by atoms with E-state index in [1.807, 2.05) is 6.92 Å². The van der Waals surface area contributed by atoms with Crippen molar-refractivity contribution in [3.63, 3.8) is 0 Å². The number of rotatable bonds is 6. The van der Waals surface area contributed by atoms with Crippen LogP contribution in [0.15, 0.2) is 54.1 Å². The first-order valence-corrected chi connectivity index (χ1v) is 8.86. The molecular formula is C21H20FNO5. The van der Waals surface area contributed by atoms with Crippen molar-refractivity contribution in [2.75, 3.05) is 19.8 Å². The highest BCUT2D eigenvalue weighted by Gasteiger charge is 2.45. The number of nitrogens with zero attached hydrogens (tertiary/aromatic N) is 1. The van der Waals surface area contributed by atoms with Gasteiger partial charge < -0.3 is 19.8 Å². The Bertz CT molecular complexity index is 905. The molecule has 1 aliphatic heterocycles. The van der Waals surface area contributed by atoms with E-state index >= 15 is 0 Å². The van der Waals surface area contributed by atoms with Gasteiger partial charge in [-0.15, -0.1) is 0 Å². The van der Waals surface area contributed by atoms with Crippen molar-refractivity contribution in [3.05, 3.63) is 71.0 Å². The topological polar surface area (TPSA) is 87.1 Å². The van der Waals surface area contributed by atoms with E-state index in [0.717, 1.165) is 0 Å². The summed E-state index contributed by atoms with van der Waals surface area (Å²) in [5, 5.41) is 20.1. The summed E-state index contributed by atoms with van der Waals surface area (Å²) in [5.74, 6) is -1.87. The predicted molar refractivity (Wildman–Crippen MR) is 100 cm³/mol. The molecule has 1 aliphatic rings. The third kappa shape index (κ3) is 3.61. The van der Waals surface area contributed by atoms with Crippen LogP contribution >= 0.6 is 0 Å². The van der Waals surface area contributed by atoms with Gasteiger partial charge >= 0.3 is 0 Å². The molecule has 1 unspecified atom stereocenters. The van der Waals surface area contributed by atoms with E-state index in [-0.39, 0.29) is 24.5 Å². The highest BCUT2D eigenvalue weighted by atomic mass is 19.1. The molecule has 2 aromatic carbocycles. The number of aliphatic hydroxyl groups excluding tert-OH is 2. The molecule has 6 nitrogen and oxygen atoms in total. The molecule has 0 spiro atoms. The Morgan fingerprint density at radius 3 is 2.32 bits per heavy atom. The van der Waals surface area contributed by atoms with E-state index < -0.39 is 23.5 Å². The van der Waals surface area contributed by atoms with Crippen LogP contribution in [0.2, 0.25) is 0 Å².